The lowest BCUT2D eigenvalue weighted by atomic mass is 10.2. The highest BCUT2D eigenvalue weighted by Gasteiger charge is 2.20. The average molecular weight is 347 g/mol. The van der Waals surface area contributed by atoms with Gasteiger partial charge in [-0.05, 0) is 24.6 Å². The highest BCUT2D eigenvalue weighted by atomic mass is 35.5. The van der Waals surface area contributed by atoms with Crippen molar-refractivity contribution in [3.63, 3.8) is 0 Å². The zero-order valence-electron chi connectivity index (χ0n) is 13.7. The third-order valence-corrected chi connectivity index (χ3v) is 4.52. The third kappa shape index (κ3) is 3.56. The molecule has 7 nitrogen and oxygen atoms in total. The zero-order chi connectivity index (χ0) is 17.1. The van der Waals surface area contributed by atoms with Crippen molar-refractivity contribution in [3.8, 4) is 0 Å². The molecule has 1 fully saturated rings. The van der Waals surface area contributed by atoms with Gasteiger partial charge in [-0.2, -0.15) is 10.1 Å². The van der Waals surface area contributed by atoms with Crippen LogP contribution in [0.2, 0.25) is 5.02 Å². The summed E-state index contributed by atoms with van der Waals surface area (Å²) in [4.78, 5) is 19.9. The zero-order valence-corrected chi connectivity index (χ0v) is 14.4. The Morgan fingerprint density at radius 3 is 2.71 bits per heavy atom. The van der Waals surface area contributed by atoms with Crippen LogP contribution in [0.1, 0.15) is 12.5 Å². The van der Waals surface area contributed by atoms with E-state index in [1.54, 1.807) is 13.1 Å². The molecule has 0 bridgehead atoms. The SMILES string of the molecule is CC(=O)N1CCN(c2cnnc(Nc3cccc(Cl)c3C)n2)CC1. The number of carbonyl (C=O) groups is 1. The summed E-state index contributed by atoms with van der Waals surface area (Å²) in [6.07, 6.45) is 1.64. The summed E-state index contributed by atoms with van der Waals surface area (Å²) in [6, 6.07) is 5.63. The van der Waals surface area contributed by atoms with Gasteiger partial charge in [-0.1, -0.05) is 17.7 Å². The first-order chi connectivity index (χ1) is 11.5. The predicted molar refractivity (Wildman–Crippen MR) is 93.8 cm³/mol. The van der Waals surface area contributed by atoms with Crippen LogP contribution in [-0.2, 0) is 4.79 Å². The molecule has 0 aliphatic carbocycles. The van der Waals surface area contributed by atoms with Crippen molar-refractivity contribution in [2.45, 2.75) is 13.8 Å². The highest BCUT2D eigenvalue weighted by Crippen LogP contribution is 2.25. The maximum Gasteiger partial charge on any atom is 0.249 e. The van der Waals surface area contributed by atoms with Crippen LogP contribution in [0.25, 0.3) is 0 Å². The Morgan fingerprint density at radius 2 is 2.00 bits per heavy atom. The summed E-state index contributed by atoms with van der Waals surface area (Å²) in [7, 11) is 0. The minimum Gasteiger partial charge on any atom is -0.352 e. The number of hydrogen-bond acceptors (Lipinski definition) is 6. The molecule has 0 spiro atoms. The normalized spacial score (nSPS) is 14.6. The van der Waals surface area contributed by atoms with Crippen LogP contribution in [-0.4, -0.2) is 52.2 Å². The molecule has 24 heavy (non-hydrogen) atoms. The highest BCUT2D eigenvalue weighted by molar-refractivity contribution is 6.31. The summed E-state index contributed by atoms with van der Waals surface area (Å²) >= 11 is 6.14. The molecule has 0 radical (unpaired) electrons. The second-order valence-electron chi connectivity index (χ2n) is 5.67. The Morgan fingerprint density at radius 1 is 1.25 bits per heavy atom. The van der Waals surface area contributed by atoms with Gasteiger partial charge in [0.05, 0.1) is 6.20 Å². The number of amides is 1. The second-order valence-corrected chi connectivity index (χ2v) is 6.08. The number of benzene rings is 1. The number of anilines is 3. The maximum atomic E-state index is 11.4. The van der Waals surface area contributed by atoms with Crippen LogP contribution >= 0.6 is 11.6 Å². The quantitative estimate of drug-likeness (QED) is 0.918. The van der Waals surface area contributed by atoms with Crippen molar-refractivity contribution < 1.29 is 4.79 Å². The number of rotatable bonds is 3. The first kappa shape index (κ1) is 16.4. The van der Waals surface area contributed by atoms with E-state index >= 15 is 0 Å². The van der Waals surface area contributed by atoms with E-state index in [0.29, 0.717) is 24.1 Å². The van der Waals surface area contributed by atoms with Crippen molar-refractivity contribution in [3.05, 3.63) is 35.0 Å². The van der Waals surface area contributed by atoms with Crippen molar-refractivity contribution in [2.24, 2.45) is 0 Å². The molecule has 3 rings (SSSR count). The summed E-state index contributed by atoms with van der Waals surface area (Å²) in [5, 5.41) is 11.9. The number of carbonyl (C=O) groups excluding carboxylic acids is 1. The van der Waals surface area contributed by atoms with Gasteiger partial charge >= 0.3 is 0 Å². The summed E-state index contributed by atoms with van der Waals surface area (Å²) < 4.78 is 0. The molecule has 126 valence electrons. The molecule has 8 heteroatoms. The lowest BCUT2D eigenvalue weighted by molar-refractivity contribution is -0.129. The van der Waals surface area contributed by atoms with E-state index in [4.69, 9.17) is 11.6 Å². The van der Waals surface area contributed by atoms with E-state index in [9.17, 15) is 4.79 Å². The van der Waals surface area contributed by atoms with Gasteiger partial charge in [-0.3, -0.25) is 4.79 Å². The van der Waals surface area contributed by atoms with Crippen molar-refractivity contribution in [2.75, 3.05) is 36.4 Å². The Labute approximate surface area is 145 Å². The Kier molecular flexibility index (Phi) is 4.80. The Balaban J connectivity index is 1.73. The molecule has 1 aromatic carbocycles. The van der Waals surface area contributed by atoms with Gasteiger partial charge < -0.3 is 15.1 Å². The molecule has 1 N–H and O–H groups in total. The number of nitrogens with zero attached hydrogens (tertiary/aromatic N) is 5. The minimum absolute atomic E-state index is 0.106. The van der Waals surface area contributed by atoms with E-state index in [1.807, 2.05) is 30.0 Å². The van der Waals surface area contributed by atoms with Crippen LogP contribution in [0, 0.1) is 6.92 Å². The molecule has 1 aromatic heterocycles. The third-order valence-electron chi connectivity index (χ3n) is 4.11. The number of halogens is 1. The Hall–Kier alpha value is -2.41. The van der Waals surface area contributed by atoms with E-state index in [2.05, 4.69) is 25.4 Å². The fourth-order valence-electron chi connectivity index (χ4n) is 2.61. The van der Waals surface area contributed by atoms with E-state index in [1.165, 1.54) is 0 Å². The minimum atomic E-state index is 0.106. The topological polar surface area (TPSA) is 74.2 Å². The average Bonchev–Trinajstić information content (AvgIpc) is 2.59. The lowest BCUT2D eigenvalue weighted by Crippen LogP contribution is -2.48. The molecule has 1 saturated heterocycles. The van der Waals surface area contributed by atoms with Crippen LogP contribution in [0.3, 0.4) is 0 Å². The molecule has 1 amide bonds. The molecule has 0 atom stereocenters. The van der Waals surface area contributed by atoms with Gasteiger partial charge in [0.15, 0.2) is 5.82 Å². The largest absolute Gasteiger partial charge is 0.352 e. The van der Waals surface area contributed by atoms with Gasteiger partial charge in [0, 0.05) is 43.8 Å². The summed E-state index contributed by atoms with van der Waals surface area (Å²) in [5.74, 6) is 1.27. The van der Waals surface area contributed by atoms with E-state index in [0.717, 1.165) is 30.2 Å². The van der Waals surface area contributed by atoms with Gasteiger partial charge in [0.2, 0.25) is 11.9 Å². The van der Waals surface area contributed by atoms with E-state index < -0.39 is 0 Å². The van der Waals surface area contributed by atoms with Crippen molar-refractivity contribution in [1.29, 1.82) is 0 Å². The van der Waals surface area contributed by atoms with Gasteiger partial charge in [-0.15, -0.1) is 5.10 Å². The predicted octanol–water partition coefficient (Wildman–Crippen LogP) is 2.25. The number of nitrogens with one attached hydrogen (secondary N) is 1. The Bertz CT molecular complexity index is 745. The molecule has 2 heterocycles. The van der Waals surface area contributed by atoms with Crippen LogP contribution in [0.15, 0.2) is 24.4 Å². The molecular formula is C16H19ClN6O. The molecule has 0 saturated carbocycles. The second kappa shape index (κ2) is 7.00. The van der Waals surface area contributed by atoms with Gasteiger partial charge in [0.1, 0.15) is 0 Å². The number of hydrogen-bond donors (Lipinski definition) is 1. The monoisotopic (exact) mass is 346 g/mol. The first-order valence-electron chi connectivity index (χ1n) is 7.77. The van der Waals surface area contributed by atoms with Crippen molar-refractivity contribution >= 4 is 35.0 Å². The fourth-order valence-corrected chi connectivity index (χ4v) is 2.79. The maximum absolute atomic E-state index is 11.4. The standard InChI is InChI=1S/C16H19ClN6O/c1-11-13(17)4-3-5-14(11)19-16-20-15(10-18-21-16)23-8-6-22(7-9-23)12(2)24/h3-5,10H,6-9H2,1-2H3,(H,19,20,21). The molecule has 1 aliphatic rings. The number of aromatic nitrogens is 3. The molecule has 1 aliphatic heterocycles. The summed E-state index contributed by atoms with van der Waals surface area (Å²) in [5.41, 5.74) is 1.78. The van der Waals surface area contributed by atoms with Crippen LogP contribution in [0.4, 0.5) is 17.5 Å². The molecule has 0 unspecified atom stereocenters. The molecular weight excluding hydrogens is 328 g/mol. The fraction of sp³-hybridized carbons (Fsp3) is 0.375. The van der Waals surface area contributed by atoms with Crippen molar-refractivity contribution in [1.82, 2.24) is 20.1 Å². The smallest absolute Gasteiger partial charge is 0.249 e. The summed E-state index contributed by atoms with van der Waals surface area (Å²) in [6.45, 7) is 6.37. The van der Waals surface area contributed by atoms with Gasteiger partial charge in [-0.25, -0.2) is 0 Å². The van der Waals surface area contributed by atoms with Crippen LogP contribution in [0.5, 0.6) is 0 Å². The first-order valence-corrected chi connectivity index (χ1v) is 8.14. The van der Waals surface area contributed by atoms with Crippen LogP contribution < -0.4 is 10.2 Å². The lowest BCUT2D eigenvalue weighted by Gasteiger charge is -2.34. The molecule has 2 aromatic rings. The van der Waals surface area contributed by atoms with Gasteiger partial charge in [0.25, 0.3) is 0 Å². The van der Waals surface area contributed by atoms with E-state index in [-0.39, 0.29) is 5.91 Å². The number of piperazine rings is 1.